The highest BCUT2D eigenvalue weighted by atomic mass is 32.2. The highest BCUT2D eigenvalue weighted by Gasteiger charge is 2.29. The number of carbonyl (C=O) groups excluding carboxylic acids is 1. The molecule has 3 nitrogen and oxygen atoms in total. The van der Waals surface area contributed by atoms with Crippen LogP contribution in [0.2, 0.25) is 0 Å². The van der Waals surface area contributed by atoms with Crippen LogP contribution in [0.3, 0.4) is 0 Å². The minimum Gasteiger partial charge on any atom is -0.293 e. The molecule has 144 valence electrons. The molecule has 0 spiro atoms. The molecule has 0 aliphatic carbocycles. The van der Waals surface area contributed by atoms with Gasteiger partial charge in [-0.05, 0) is 61.0 Å². The molecular formula is C22H18F2O3S. The van der Waals surface area contributed by atoms with E-state index in [1.807, 2.05) is 6.92 Å². The first kappa shape index (κ1) is 19.9. The smallest absolute Gasteiger partial charge is 0.179 e. The lowest BCUT2D eigenvalue weighted by atomic mass is 9.92. The van der Waals surface area contributed by atoms with Gasteiger partial charge in [-0.15, -0.1) is 0 Å². The van der Waals surface area contributed by atoms with Crippen LogP contribution in [0.4, 0.5) is 8.78 Å². The normalized spacial score (nSPS) is 12.5. The van der Waals surface area contributed by atoms with Crippen molar-refractivity contribution >= 4 is 15.6 Å². The standard InChI is InChI=1S/C22H18F2O3S/c1-15-2-12-20(13-3-15)28(26,27)14-21(16-4-8-18(23)9-5-16)22(25)17-6-10-19(24)11-7-17/h2-13,21H,14H2,1H3. The Balaban J connectivity index is 2.00. The Morgan fingerprint density at radius 3 is 1.86 bits per heavy atom. The first-order chi connectivity index (χ1) is 13.3. The Hall–Kier alpha value is -2.86. The van der Waals surface area contributed by atoms with Crippen molar-refractivity contribution in [1.82, 2.24) is 0 Å². The molecule has 0 amide bonds. The fraction of sp³-hybridized carbons (Fsp3) is 0.136. The number of hydrogen-bond acceptors (Lipinski definition) is 3. The molecule has 28 heavy (non-hydrogen) atoms. The van der Waals surface area contributed by atoms with Crippen LogP contribution < -0.4 is 0 Å². The second-order valence-electron chi connectivity index (χ2n) is 6.57. The maximum absolute atomic E-state index is 13.3. The fourth-order valence-corrected chi connectivity index (χ4v) is 4.42. The van der Waals surface area contributed by atoms with Gasteiger partial charge in [-0.2, -0.15) is 0 Å². The largest absolute Gasteiger partial charge is 0.293 e. The summed E-state index contributed by atoms with van der Waals surface area (Å²) in [4.78, 5) is 13.1. The zero-order valence-electron chi connectivity index (χ0n) is 15.1. The van der Waals surface area contributed by atoms with E-state index in [1.165, 1.54) is 48.5 Å². The molecule has 3 aromatic carbocycles. The van der Waals surface area contributed by atoms with Crippen molar-refractivity contribution in [2.45, 2.75) is 17.7 Å². The summed E-state index contributed by atoms with van der Waals surface area (Å²) in [5.41, 5.74) is 1.48. The third-order valence-corrected chi connectivity index (χ3v) is 6.25. The predicted molar refractivity (Wildman–Crippen MR) is 103 cm³/mol. The third kappa shape index (κ3) is 4.51. The van der Waals surface area contributed by atoms with E-state index in [9.17, 15) is 22.0 Å². The number of benzene rings is 3. The predicted octanol–water partition coefficient (Wildman–Crippen LogP) is 4.71. The Labute approximate surface area is 162 Å². The molecule has 0 saturated heterocycles. The monoisotopic (exact) mass is 400 g/mol. The van der Waals surface area contributed by atoms with Gasteiger partial charge in [-0.1, -0.05) is 29.8 Å². The average molecular weight is 400 g/mol. The van der Waals surface area contributed by atoms with E-state index >= 15 is 0 Å². The first-order valence-electron chi connectivity index (χ1n) is 8.61. The molecule has 0 saturated carbocycles. The van der Waals surface area contributed by atoms with E-state index < -0.39 is 38.9 Å². The lowest BCUT2D eigenvalue weighted by molar-refractivity contribution is 0.0967. The Morgan fingerprint density at radius 1 is 0.821 bits per heavy atom. The maximum atomic E-state index is 13.3. The minimum atomic E-state index is -3.78. The van der Waals surface area contributed by atoms with Gasteiger partial charge in [0.1, 0.15) is 11.6 Å². The number of carbonyl (C=O) groups is 1. The summed E-state index contributed by atoms with van der Waals surface area (Å²) in [6, 6.07) is 16.4. The van der Waals surface area contributed by atoms with Crippen molar-refractivity contribution in [2.24, 2.45) is 0 Å². The third-order valence-electron chi connectivity index (χ3n) is 4.48. The van der Waals surface area contributed by atoms with E-state index in [1.54, 1.807) is 12.1 Å². The van der Waals surface area contributed by atoms with Gasteiger partial charge in [0, 0.05) is 5.56 Å². The molecule has 0 fully saturated rings. The quantitative estimate of drug-likeness (QED) is 0.563. The number of Topliss-reactive ketones (excluding diaryl/α,β-unsaturated/α-hetero) is 1. The number of halogens is 2. The summed E-state index contributed by atoms with van der Waals surface area (Å²) in [6.45, 7) is 1.84. The molecule has 3 rings (SSSR count). The minimum absolute atomic E-state index is 0.108. The molecule has 3 aromatic rings. The average Bonchev–Trinajstić information content (AvgIpc) is 2.67. The van der Waals surface area contributed by atoms with Crippen molar-refractivity contribution in [3.05, 3.63) is 101 Å². The van der Waals surface area contributed by atoms with Gasteiger partial charge in [0.05, 0.1) is 16.6 Å². The van der Waals surface area contributed by atoms with Crippen LogP contribution in [0.25, 0.3) is 0 Å². The summed E-state index contributed by atoms with van der Waals surface area (Å²) >= 11 is 0. The zero-order valence-corrected chi connectivity index (χ0v) is 15.9. The number of hydrogen-bond donors (Lipinski definition) is 0. The van der Waals surface area contributed by atoms with Crippen molar-refractivity contribution in [1.29, 1.82) is 0 Å². The summed E-state index contributed by atoms with van der Waals surface area (Å²) in [5, 5.41) is 0. The fourth-order valence-electron chi connectivity index (χ4n) is 2.89. The molecule has 0 N–H and O–H groups in total. The molecule has 0 aliphatic heterocycles. The van der Waals surface area contributed by atoms with Gasteiger partial charge in [0.2, 0.25) is 0 Å². The van der Waals surface area contributed by atoms with Crippen LogP contribution in [-0.4, -0.2) is 20.0 Å². The van der Waals surface area contributed by atoms with Crippen LogP contribution in [0.1, 0.15) is 27.4 Å². The molecule has 0 radical (unpaired) electrons. The van der Waals surface area contributed by atoms with E-state index in [4.69, 9.17) is 0 Å². The number of sulfone groups is 1. The lowest BCUT2D eigenvalue weighted by Crippen LogP contribution is -2.23. The molecule has 0 aliphatic rings. The first-order valence-corrected chi connectivity index (χ1v) is 10.3. The number of ketones is 1. The molecule has 0 bridgehead atoms. The van der Waals surface area contributed by atoms with Crippen LogP contribution >= 0.6 is 0 Å². The van der Waals surface area contributed by atoms with E-state index in [0.29, 0.717) is 5.56 Å². The van der Waals surface area contributed by atoms with Crippen molar-refractivity contribution in [3.8, 4) is 0 Å². The summed E-state index contributed by atoms with van der Waals surface area (Å²) in [5.74, 6) is -2.97. The Kier molecular flexibility index (Phi) is 5.70. The molecule has 1 atom stereocenters. The van der Waals surface area contributed by atoms with E-state index in [0.717, 1.165) is 17.7 Å². The van der Waals surface area contributed by atoms with Crippen LogP contribution in [0.5, 0.6) is 0 Å². The van der Waals surface area contributed by atoms with Gasteiger partial charge in [0.25, 0.3) is 0 Å². The SMILES string of the molecule is Cc1ccc(S(=O)(=O)CC(C(=O)c2ccc(F)cc2)c2ccc(F)cc2)cc1. The molecule has 1 unspecified atom stereocenters. The zero-order chi connectivity index (χ0) is 20.3. The Bertz CT molecular complexity index is 1070. The molecule has 6 heteroatoms. The second-order valence-corrected chi connectivity index (χ2v) is 8.60. The van der Waals surface area contributed by atoms with E-state index in [-0.39, 0.29) is 10.5 Å². The molecular weight excluding hydrogens is 382 g/mol. The summed E-state index contributed by atoms with van der Waals surface area (Å²) in [7, 11) is -3.78. The topological polar surface area (TPSA) is 51.2 Å². The van der Waals surface area contributed by atoms with Gasteiger partial charge in [0.15, 0.2) is 15.6 Å². The van der Waals surface area contributed by atoms with Gasteiger partial charge < -0.3 is 0 Å². The van der Waals surface area contributed by atoms with Crippen molar-refractivity contribution < 1.29 is 22.0 Å². The van der Waals surface area contributed by atoms with Crippen molar-refractivity contribution in [3.63, 3.8) is 0 Å². The summed E-state index contributed by atoms with van der Waals surface area (Å²) in [6.07, 6.45) is 0. The number of aryl methyl sites for hydroxylation is 1. The highest BCUT2D eigenvalue weighted by molar-refractivity contribution is 7.91. The van der Waals surface area contributed by atoms with Gasteiger partial charge >= 0.3 is 0 Å². The maximum Gasteiger partial charge on any atom is 0.179 e. The molecule has 0 heterocycles. The van der Waals surface area contributed by atoms with Gasteiger partial charge in [-0.3, -0.25) is 4.79 Å². The van der Waals surface area contributed by atoms with Crippen LogP contribution in [-0.2, 0) is 9.84 Å². The number of rotatable bonds is 6. The molecule has 0 aromatic heterocycles. The summed E-state index contributed by atoms with van der Waals surface area (Å²) < 4.78 is 52.3. The van der Waals surface area contributed by atoms with Crippen LogP contribution in [0.15, 0.2) is 77.7 Å². The highest BCUT2D eigenvalue weighted by Crippen LogP contribution is 2.26. The van der Waals surface area contributed by atoms with Gasteiger partial charge in [-0.25, -0.2) is 17.2 Å². The van der Waals surface area contributed by atoms with Crippen LogP contribution in [0, 0.1) is 18.6 Å². The second kappa shape index (κ2) is 8.02. The van der Waals surface area contributed by atoms with Crippen molar-refractivity contribution in [2.75, 3.05) is 5.75 Å². The Morgan fingerprint density at radius 2 is 1.32 bits per heavy atom. The van der Waals surface area contributed by atoms with E-state index in [2.05, 4.69) is 0 Å². The lowest BCUT2D eigenvalue weighted by Gasteiger charge is -2.17.